The Morgan fingerprint density at radius 2 is 1.16 bits per heavy atom. The molecule has 0 radical (unpaired) electrons. The van der Waals surface area contributed by atoms with E-state index in [1.165, 1.54) is 27.3 Å². The third kappa shape index (κ3) is 3.05. The molecule has 0 aromatic rings. The summed E-state index contributed by atoms with van der Waals surface area (Å²) in [6.07, 6.45) is 8.43. The van der Waals surface area contributed by atoms with Crippen molar-refractivity contribution in [2.75, 3.05) is 0 Å². The van der Waals surface area contributed by atoms with E-state index in [2.05, 4.69) is 52.8 Å². The maximum Gasteiger partial charge on any atom is -0.147 e. The van der Waals surface area contributed by atoms with E-state index in [-0.39, 0.29) is 37.2 Å². The second-order valence-corrected chi connectivity index (χ2v) is 45.8. The quantitative estimate of drug-likeness (QED) is 0.333. The van der Waals surface area contributed by atoms with E-state index in [4.69, 9.17) is 0 Å². The second-order valence-electron chi connectivity index (χ2n) is 6.48. The molecule has 0 aromatic heterocycles. The fraction of sp³-hybridized carbons (Fsp3) is 0.733. The van der Waals surface area contributed by atoms with Gasteiger partial charge in [0.2, 0.25) is 0 Å². The molecule has 1 rings (SSSR count). The maximum absolute atomic E-state index is 3.22. The van der Waals surface area contributed by atoms with Gasteiger partial charge in [0.05, 0.1) is 0 Å². The first-order chi connectivity index (χ1) is 7.53. The van der Waals surface area contributed by atoms with Crippen LogP contribution in [0.3, 0.4) is 0 Å². The van der Waals surface area contributed by atoms with Gasteiger partial charge in [0.25, 0.3) is 0 Å². The molecule has 0 heterocycles. The van der Waals surface area contributed by atoms with Crippen LogP contribution < -0.4 is 0 Å². The molecule has 0 unspecified atom stereocenters. The maximum atomic E-state index is 2.49. The van der Waals surface area contributed by atoms with E-state index in [0.717, 1.165) is 0 Å². The Balaban J connectivity index is -0.000000853. The summed E-state index contributed by atoms with van der Waals surface area (Å²) >= 11 is -3.22. The van der Waals surface area contributed by atoms with Crippen molar-refractivity contribution < 1.29 is 17.0 Å². The van der Waals surface area contributed by atoms with Crippen molar-refractivity contribution in [2.24, 2.45) is 0 Å². The summed E-state index contributed by atoms with van der Waals surface area (Å²) in [5.74, 6) is 0. The average Bonchev–Trinajstić information content (AvgIpc) is 2.91. The Kier molecular flexibility index (Phi) is 10.6. The van der Waals surface area contributed by atoms with E-state index in [0.29, 0.717) is 0 Å². The molecule has 0 N–H and O–H groups in total. The normalized spacial score (nSPS) is 17.2. The molecule has 0 spiro atoms. The SMILES string of the molecule is C[CH2][Hf]([CH2]C)([CH2]C)([CH2]C)([CH2]C)[C]1=CC=CC1.Cl.Cl.Cl. The molecule has 0 aromatic carbocycles. The largest absolute Gasteiger partial charge is 0.147 e. The number of halogens is 3. The van der Waals surface area contributed by atoms with E-state index in [1.807, 2.05) is 3.33 Å². The van der Waals surface area contributed by atoms with Gasteiger partial charge in [0.1, 0.15) is 0 Å². The molecule has 0 fully saturated rings. The average molecular weight is 498 g/mol. The molecule has 0 saturated heterocycles. The Bertz CT molecular complexity index is 297. The summed E-state index contributed by atoms with van der Waals surface area (Å²) in [5, 5.41) is 0. The number of allylic oxidation sites excluding steroid dienone is 4. The fourth-order valence-electron chi connectivity index (χ4n) is 4.74. The molecule has 0 nitrogen and oxygen atoms in total. The third-order valence-corrected chi connectivity index (χ3v) is 59.6. The number of hydrogen-bond acceptors (Lipinski definition) is 0. The molecule has 19 heavy (non-hydrogen) atoms. The summed E-state index contributed by atoms with van der Waals surface area (Å²) in [6, 6.07) is 0. The van der Waals surface area contributed by atoms with Crippen molar-refractivity contribution in [2.45, 2.75) is 61.9 Å². The van der Waals surface area contributed by atoms with Crippen molar-refractivity contribution in [3.63, 3.8) is 0 Å². The van der Waals surface area contributed by atoms with Crippen LogP contribution in [-0.4, -0.2) is 0 Å². The molecule has 0 saturated carbocycles. The van der Waals surface area contributed by atoms with Gasteiger partial charge in [-0.3, -0.25) is 0 Å². The first-order valence-corrected chi connectivity index (χ1v) is 21.8. The van der Waals surface area contributed by atoms with Crippen LogP contribution in [0.4, 0.5) is 0 Å². The number of rotatable bonds is 6. The minimum Gasteiger partial charge on any atom is -0.147 e. The van der Waals surface area contributed by atoms with Gasteiger partial charge in [0.15, 0.2) is 0 Å². The Morgan fingerprint density at radius 3 is 1.37 bits per heavy atom. The molecule has 0 atom stereocenters. The molecule has 0 amide bonds. The van der Waals surface area contributed by atoms with Crippen LogP contribution in [0.2, 0.25) is 20.9 Å². The van der Waals surface area contributed by atoms with Crippen LogP contribution in [0, 0.1) is 0 Å². The standard InChI is InChI=1S/C5H5.5C2H5.3ClH.Hf/c1-2-4-5-3-1;5*1-2;;;;/h1-3H,4H2;5*1H2,2H3;3*1H;. The van der Waals surface area contributed by atoms with Gasteiger partial charge in [0, 0.05) is 0 Å². The Hall–Kier alpha value is 1.22. The van der Waals surface area contributed by atoms with Crippen LogP contribution in [0.5, 0.6) is 0 Å². The third-order valence-electron chi connectivity index (χ3n) is 7.79. The van der Waals surface area contributed by atoms with Crippen molar-refractivity contribution in [3.8, 4) is 0 Å². The van der Waals surface area contributed by atoms with Gasteiger partial charge in [-0.25, -0.2) is 0 Å². The summed E-state index contributed by atoms with van der Waals surface area (Å²) in [5.41, 5.74) is 0. The molecule has 1 aliphatic carbocycles. The first-order valence-electron chi connectivity index (χ1n) is 7.27. The van der Waals surface area contributed by atoms with E-state index in [9.17, 15) is 0 Å². The Morgan fingerprint density at radius 1 is 0.789 bits per heavy atom. The van der Waals surface area contributed by atoms with Gasteiger partial charge in [-0.15, -0.1) is 37.2 Å². The molecule has 0 bridgehead atoms. The monoisotopic (exact) mass is 498 g/mol. The van der Waals surface area contributed by atoms with E-state index in [1.54, 1.807) is 0 Å². The molecular formula is C15H33Cl3Hf. The van der Waals surface area contributed by atoms with Gasteiger partial charge in [-0.05, 0) is 0 Å². The zero-order valence-corrected chi connectivity index (χ0v) is 19.2. The topological polar surface area (TPSA) is 0 Å². The van der Waals surface area contributed by atoms with Crippen molar-refractivity contribution >= 4 is 37.2 Å². The van der Waals surface area contributed by atoms with E-state index < -0.39 is 17.0 Å². The van der Waals surface area contributed by atoms with Crippen LogP contribution in [-0.2, 0) is 17.0 Å². The summed E-state index contributed by atoms with van der Waals surface area (Å²) in [6.45, 7) is 12.4. The molecular weight excluding hydrogens is 465 g/mol. The van der Waals surface area contributed by atoms with Crippen LogP contribution in [0.1, 0.15) is 41.0 Å². The summed E-state index contributed by atoms with van der Waals surface area (Å²) < 4.78 is 9.27. The summed E-state index contributed by atoms with van der Waals surface area (Å²) in [4.78, 5) is 0. The van der Waals surface area contributed by atoms with E-state index >= 15 is 0 Å². The fourth-order valence-corrected chi connectivity index (χ4v) is 36.3. The molecule has 118 valence electrons. The molecule has 0 aliphatic heterocycles. The van der Waals surface area contributed by atoms with Crippen LogP contribution in [0.15, 0.2) is 21.6 Å². The number of hydrogen-bond donors (Lipinski definition) is 0. The van der Waals surface area contributed by atoms with Gasteiger partial charge in [-0.1, -0.05) is 0 Å². The minimum atomic E-state index is -3.22. The summed E-state index contributed by atoms with van der Waals surface area (Å²) in [7, 11) is 0. The predicted octanol–water partition coefficient (Wildman–Crippen LogP) is 7.51. The van der Waals surface area contributed by atoms with Gasteiger partial charge in [-0.2, -0.15) is 0 Å². The minimum absolute atomic E-state index is 0. The van der Waals surface area contributed by atoms with Crippen molar-refractivity contribution in [3.05, 3.63) is 21.6 Å². The van der Waals surface area contributed by atoms with Crippen molar-refractivity contribution in [1.82, 2.24) is 0 Å². The van der Waals surface area contributed by atoms with Gasteiger partial charge < -0.3 is 0 Å². The van der Waals surface area contributed by atoms with Gasteiger partial charge >= 0.3 is 101 Å². The van der Waals surface area contributed by atoms with Crippen molar-refractivity contribution in [1.29, 1.82) is 0 Å². The first kappa shape index (κ1) is 25.2. The molecule has 1 aliphatic rings. The van der Waals surface area contributed by atoms with Crippen LogP contribution >= 0.6 is 37.2 Å². The Labute approximate surface area is 137 Å². The molecule has 4 heteroatoms. The zero-order valence-electron chi connectivity index (χ0n) is 13.2. The zero-order chi connectivity index (χ0) is 12.3. The second kappa shape index (κ2) is 8.01. The predicted molar refractivity (Wildman–Crippen MR) is 96.0 cm³/mol. The van der Waals surface area contributed by atoms with Crippen LogP contribution in [0.25, 0.3) is 0 Å². The smallest absolute Gasteiger partial charge is 0.147 e.